The van der Waals surface area contributed by atoms with E-state index in [4.69, 9.17) is 0 Å². The third kappa shape index (κ3) is 5.81. The quantitative estimate of drug-likeness (QED) is 0.780. The minimum Gasteiger partial charge on any atom is -0.349 e. The van der Waals surface area contributed by atoms with Crippen molar-refractivity contribution in [3.8, 4) is 0 Å². The number of sulfonamides is 1. The van der Waals surface area contributed by atoms with Crippen LogP contribution in [0.4, 0.5) is 5.69 Å². The van der Waals surface area contributed by atoms with E-state index in [1.54, 1.807) is 24.3 Å². The van der Waals surface area contributed by atoms with Gasteiger partial charge in [0.1, 0.15) is 0 Å². The number of benzene rings is 2. The largest absolute Gasteiger partial charge is 0.349 e. The van der Waals surface area contributed by atoms with Crippen molar-refractivity contribution in [2.75, 3.05) is 24.1 Å². The molecule has 0 atom stereocenters. The summed E-state index contributed by atoms with van der Waals surface area (Å²) in [5.41, 5.74) is 3.50. The molecule has 0 radical (unpaired) electrons. The number of nitrogens with zero attached hydrogens (tertiary/aromatic N) is 1. The minimum atomic E-state index is -3.37. The highest BCUT2D eigenvalue weighted by Gasteiger charge is 2.21. The van der Waals surface area contributed by atoms with Crippen molar-refractivity contribution in [1.29, 1.82) is 0 Å². The maximum atomic E-state index is 12.5. The SMILES string of the molecule is Cc1ccccc1CN1CCC(NC(=O)c2cccc(NS(C)(=O)=O)c2)CC1. The fourth-order valence-corrected chi connectivity index (χ4v) is 4.03. The summed E-state index contributed by atoms with van der Waals surface area (Å²) in [7, 11) is -3.37. The zero-order valence-corrected chi connectivity index (χ0v) is 17.1. The number of likely N-dealkylation sites (tertiary alicyclic amines) is 1. The van der Waals surface area contributed by atoms with Crippen LogP contribution in [0.1, 0.15) is 34.3 Å². The van der Waals surface area contributed by atoms with Gasteiger partial charge in [-0.2, -0.15) is 0 Å². The van der Waals surface area contributed by atoms with Gasteiger partial charge in [0.2, 0.25) is 10.0 Å². The first-order chi connectivity index (χ1) is 13.3. The normalized spacial score (nSPS) is 15.9. The van der Waals surface area contributed by atoms with E-state index in [9.17, 15) is 13.2 Å². The Morgan fingerprint density at radius 1 is 1.11 bits per heavy atom. The van der Waals surface area contributed by atoms with E-state index < -0.39 is 10.0 Å². The highest BCUT2D eigenvalue weighted by molar-refractivity contribution is 7.92. The molecule has 28 heavy (non-hydrogen) atoms. The number of nitrogens with one attached hydrogen (secondary N) is 2. The van der Waals surface area contributed by atoms with Crippen molar-refractivity contribution in [2.24, 2.45) is 0 Å². The maximum absolute atomic E-state index is 12.5. The lowest BCUT2D eigenvalue weighted by molar-refractivity contribution is 0.0909. The fourth-order valence-electron chi connectivity index (χ4n) is 3.47. The smallest absolute Gasteiger partial charge is 0.251 e. The fraction of sp³-hybridized carbons (Fsp3) is 0.381. The Bertz CT molecular complexity index is 935. The minimum absolute atomic E-state index is 0.132. The van der Waals surface area contributed by atoms with Crippen molar-refractivity contribution in [2.45, 2.75) is 32.4 Å². The van der Waals surface area contributed by atoms with Gasteiger partial charge in [0.05, 0.1) is 6.26 Å². The first kappa shape index (κ1) is 20.4. The second kappa shape index (κ2) is 8.75. The molecular weight excluding hydrogens is 374 g/mol. The molecule has 0 saturated carbocycles. The first-order valence-electron chi connectivity index (χ1n) is 9.46. The number of hydrogen-bond donors (Lipinski definition) is 2. The summed E-state index contributed by atoms with van der Waals surface area (Å²) < 4.78 is 25.1. The van der Waals surface area contributed by atoms with Gasteiger partial charge in [0.15, 0.2) is 0 Å². The Labute approximate surface area is 167 Å². The molecule has 3 rings (SSSR count). The molecule has 2 aromatic rings. The lowest BCUT2D eigenvalue weighted by Crippen LogP contribution is -2.44. The molecule has 0 aromatic heterocycles. The van der Waals surface area contributed by atoms with Gasteiger partial charge < -0.3 is 5.32 Å². The van der Waals surface area contributed by atoms with E-state index in [-0.39, 0.29) is 11.9 Å². The molecule has 0 aliphatic carbocycles. The van der Waals surface area contributed by atoms with E-state index in [1.165, 1.54) is 11.1 Å². The predicted octanol–water partition coefficient (Wildman–Crippen LogP) is 2.76. The average Bonchev–Trinajstić information content (AvgIpc) is 2.64. The van der Waals surface area contributed by atoms with E-state index in [1.807, 2.05) is 0 Å². The van der Waals surface area contributed by atoms with Gasteiger partial charge in [-0.1, -0.05) is 30.3 Å². The van der Waals surface area contributed by atoms with Crippen molar-refractivity contribution in [3.05, 3.63) is 65.2 Å². The lowest BCUT2D eigenvalue weighted by atomic mass is 10.0. The Hall–Kier alpha value is -2.38. The summed E-state index contributed by atoms with van der Waals surface area (Å²) in [6.07, 6.45) is 2.89. The number of aryl methyl sites for hydroxylation is 1. The second-order valence-corrected chi connectivity index (χ2v) is 9.15. The second-order valence-electron chi connectivity index (χ2n) is 7.41. The molecule has 2 aromatic carbocycles. The van der Waals surface area contributed by atoms with Crippen molar-refractivity contribution in [3.63, 3.8) is 0 Å². The van der Waals surface area contributed by atoms with Gasteiger partial charge in [-0.05, 0) is 49.1 Å². The van der Waals surface area contributed by atoms with Crippen LogP contribution in [0.2, 0.25) is 0 Å². The van der Waals surface area contributed by atoms with Gasteiger partial charge in [-0.15, -0.1) is 0 Å². The topological polar surface area (TPSA) is 78.5 Å². The molecule has 1 aliphatic heterocycles. The van der Waals surface area contributed by atoms with Crippen molar-refractivity contribution < 1.29 is 13.2 Å². The number of carbonyl (C=O) groups is 1. The van der Waals surface area contributed by atoms with Crippen LogP contribution in [-0.2, 0) is 16.6 Å². The molecule has 2 N–H and O–H groups in total. The molecule has 0 unspecified atom stereocenters. The molecule has 0 bridgehead atoms. The summed E-state index contributed by atoms with van der Waals surface area (Å²) in [6.45, 7) is 4.95. The van der Waals surface area contributed by atoms with Crippen LogP contribution < -0.4 is 10.0 Å². The summed E-state index contributed by atoms with van der Waals surface area (Å²) >= 11 is 0. The van der Waals surface area contributed by atoms with Crippen LogP contribution >= 0.6 is 0 Å². The summed E-state index contributed by atoms with van der Waals surface area (Å²) in [6, 6.07) is 15.1. The monoisotopic (exact) mass is 401 g/mol. The van der Waals surface area contributed by atoms with E-state index in [2.05, 4.69) is 46.1 Å². The Morgan fingerprint density at radius 3 is 2.50 bits per heavy atom. The van der Waals surface area contributed by atoms with Gasteiger partial charge in [0, 0.05) is 36.9 Å². The molecule has 1 aliphatic rings. The van der Waals surface area contributed by atoms with Crippen molar-refractivity contribution >= 4 is 21.6 Å². The van der Waals surface area contributed by atoms with E-state index >= 15 is 0 Å². The van der Waals surface area contributed by atoms with E-state index in [0.717, 1.165) is 38.7 Å². The highest BCUT2D eigenvalue weighted by atomic mass is 32.2. The Kier molecular flexibility index (Phi) is 6.36. The molecule has 1 fully saturated rings. The maximum Gasteiger partial charge on any atom is 0.251 e. The van der Waals surface area contributed by atoms with Crippen LogP contribution in [0.25, 0.3) is 0 Å². The number of hydrogen-bond acceptors (Lipinski definition) is 4. The van der Waals surface area contributed by atoms with E-state index in [0.29, 0.717) is 11.3 Å². The van der Waals surface area contributed by atoms with Gasteiger partial charge in [0.25, 0.3) is 5.91 Å². The predicted molar refractivity (Wildman–Crippen MR) is 112 cm³/mol. The van der Waals surface area contributed by atoms with Gasteiger partial charge >= 0.3 is 0 Å². The average molecular weight is 402 g/mol. The van der Waals surface area contributed by atoms with Gasteiger partial charge in [-0.25, -0.2) is 8.42 Å². The zero-order valence-electron chi connectivity index (χ0n) is 16.3. The first-order valence-corrected chi connectivity index (χ1v) is 11.3. The summed E-state index contributed by atoms with van der Waals surface area (Å²) in [4.78, 5) is 15.0. The Morgan fingerprint density at radius 2 is 1.82 bits per heavy atom. The molecule has 1 amide bonds. The number of rotatable bonds is 6. The highest BCUT2D eigenvalue weighted by Crippen LogP contribution is 2.17. The van der Waals surface area contributed by atoms with Crippen molar-refractivity contribution in [1.82, 2.24) is 10.2 Å². The standard InChI is InChI=1S/C21H27N3O3S/c1-16-6-3-4-7-18(16)15-24-12-10-19(11-13-24)22-21(25)17-8-5-9-20(14-17)23-28(2,26)27/h3-9,14,19,23H,10-13,15H2,1-2H3,(H,22,25). The van der Waals surface area contributed by atoms with Crippen LogP contribution in [0.15, 0.2) is 48.5 Å². The molecule has 0 spiro atoms. The van der Waals surface area contributed by atoms with Crippen LogP contribution in [0.5, 0.6) is 0 Å². The lowest BCUT2D eigenvalue weighted by Gasteiger charge is -2.32. The van der Waals surface area contributed by atoms with Gasteiger partial charge in [-0.3, -0.25) is 14.4 Å². The third-order valence-corrected chi connectivity index (χ3v) is 5.61. The summed E-state index contributed by atoms with van der Waals surface area (Å²) in [5, 5.41) is 3.08. The summed E-state index contributed by atoms with van der Waals surface area (Å²) in [5.74, 6) is -0.172. The molecule has 150 valence electrons. The Balaban J connectivity index is 1.52. The number of piperidine rings is 1. The zero-order chi connectivity index (χ0) is 20.1. The molecule has 1 saturated heterocycles. The molecular formula is C21H27N3O3S. The number of anilines is 1. The number of carbonyl (C=O) groups excluding carboxylic acids is 1. The number of amides is 1. The van der Waals surface area contributed by atoms with Crippen LogP contribution in [0.3, 0.4) is 0 Å². The van der Waals surface area contributed by atoms with Crippen LogP contribution in [0, 0.1) is 6.92 Å². The molecule has 7 heteroatoms. The molecule has 6 nitrogen and oxygen atoms in total. The molecule has 1 heterocycles. The van der Waals surface area contributed by atoms with Crippen LogP contribution in [-0.4, -0.2) is 44.6 Å². The third-order valence-electron chi connectivity index (χ3n) is 5.01.